The molecule has 0 bridgehead atoms. The monoisotopic (exact) mass is 334 g/mol. The predicted octanol–water partition coefficient (Wildman–Crippen LogP) is 3.10. The van der Waals surface area contributed by atoms with Crippen LogP contribution in [0.25, 0.3) is 0 Å². The van der Waals surface area contributed by atoms with Crippen LogP contribution in [0, 0.1) is 5.82 Å². The van der Waals surface area contributed by atoms with Crippen LogP contribution in [0.2, 0.25) is 0 Å². The average molecular weight is 335 g/mol. The number of fused-ring (bicyclic) bond motifs is 1. The van der Waals surface area contributed by atoms with Crippen LogP contribution >= 0.6 is 12.4 Å². The maximum Gasteiger partial charge on any atom is 0.220 e. The van der Waals surface area contributed by atoms with Gasteiger partial charge in [0.05, 0.1) is 0 Å². The Balaban J connectivity index is 0.00000192. The lowest BCUT2D eigenvalue weighted by Gasteiger charge is -2.07. The molecule has 2 aromatic rings. The van der Waals surface area contributed by atoms with Crippen LogP contribution in [0.1, 0.15) is 28.7 Å². The van der Waals surface area contributed by atoms with Gasteiger partial charge < -0.3 is 10.6 Å². The Morgan fingerprint density at radius 1 is 1.04 bits per heavy atom. The lowest BCUT2D eigenvalue weighted by molar-refractivity contribution is -0.121. The molecule has 1 heterocycles. The second-order valence-corrected chi connectivity index (χ2v) is 5.61. The van der Waals surface area contributed by atoms with E-state index in [2.05, 4.69) is 28.8 Å². The van der Waals surface area contributed by atoms with Crippen LogP contribution in [0.5, 0.6) is 0 Å². The van der Waals surface area contributed by atoms with E-state index in [1.807, 2.05) is 0 Å². The van der Waals surface area contributed by atoms with Crippen molar-refractivity contribution in [1.82, 2.24) is 10.6 Å². The first kappa shape index (κ1) is 17.4. The minimum absolute atomic E-state index is 0. The molecular weight excluding hydrogens is 315 g/mol. The molecule has 5 heteroatoms. The zero-order chi connectivity index (χ0) is 15.4. The SMILES string of the molecule is Cl.O=C(CCc1ccc(F)cc1)NCc1ccc2c(c1)CNC2. The fraction of sp³-hybridized carbons (Fsp3) is 0.278. The zero-order valence-electron chi connectivity index (χ0n) is 12.8. The van der Waals surface area contributed by atoms with Crippen molar-refractivity contribution in [2.75, 3.05) is 0 Å². The summed E-state index contributed by atoms with van der Waals surface area (Å²) in [6.07, 6.45) is 1.04. The van der Waals surface area contributed by atoms with Crippen molar-refractivity contribution in [3.05, 3.63) is 70.5 Å². The summed E-state index contributed by atoms with van der Waals surface area (Å²) in [5.41, 5.74) is 4.75. The van der Waals surface area contributed by atoms with Crippen LogP contribution in [-0.2, 0) is 30.8 Å². The van der Waals surface area contributed by atoms with Gasteiger partial charge in [-0.1, -0.05) is 30.3 Å². The van der Waals surface area contributed by atoms with E-state index in [1.54, 1.807) is 12.1 Å². The zero-order valence-corrected chi connectivity index (χ0v) is 13.6. The van der Waals surface area contributed by atoms with Crippen molar-refractivity contribution in [2.45, 2.75) is 32.5 Å². The van der Waals surface area contributed by atoms with Crippen molar-refractivity contribution < 1.29 is 9.18 Å². The van der Waals surface area contributed by atoms with E-state index in [1.165, 1.54) is 23.3 Å². The van der Waals surface area contributed by atoms with E-state index in [-0.39, 0.29) is 24.1 Å². The molecule has 1 aliphatic rings. The average Bonchev–Trinajstić information content (AvgIpc) is 3.00. The smallest absolute Gasteiger partial charge is 0.220 e. The van der Waals surface area contributed by atoms with Crippen molar-refractivity contribution in [2.24, 2.45) is 0 Å². The Morgan fingerprint density at radius 3 is 2.52 bits per heavy atom. The molecule has 0 atom stereocenters. The maximum atomic E-state index is 12.8. The highest BCUT2D eigenvalue weighted by molar-refractivity contribution is 5.85. The number of benzene rings is 2. The number of rotatable bonds is 5. The number of carbonyl (C=O) groups is 1. The third-order valence-electron chi connectivity index (χ3n) is 3.95. The van der Waals surface area contributed by atoms with Gasteiger partial charge in [0.25, 0.3) is 0 Å². The summed E-state index contributed by atoms with van der Waals surface area (Å²) in [6, 6.07) is 12.6. The summed E-state index contributed by atoms with van der Waals surface area (Å²) >= 11 is 0. The van der Waals surface area contributed by atoms with Crippen LogP contribution < -0.4 is 10.6 Å². The summed E-state index contributed by atoms with van der Waals surface area (Å²) in [5.74, 6) is -0.234. The van der Waals surface area contributed by atoms with Gasteiger partial charge in [0, 0.05) is 26.1 Å². The summed E-state index contributed by atoms with van der Waals surface area (Å²) in [7, 11) is 0. The van der Waals surface area contributed by atoms with Crippen LogP contribution in [-0.4, -0.2) is 5.91 Å². The second-order valence-electron chi connectivity index (χ2n) is 5.61. The van der Waals surface area contributed by atoms with Gasteiger partial charge in [-0.25, -0.2) is 4.39 Å². The Labute approximate surface area is 141 Å². The number of nitrogens with one attached hydrogen (secondary N) is 2. The Kier molecular flexibility index (Phi) is 6.13. The molecule has 0 radical (unpaired) electrons. The minimum atomic E-state index is -0.251. The quantitative estimate of drug-likeness (QED) is 0.882. The van der Waals surface area contributed by atoms with Gasteiger partial charge in [-0.15, -0.1) is 12.4 Å². The molecule has 0 saturated carbocycles. The van der Waals surface area contributed by atoms with Gasteiger partial charge in [-0.2, -0.15) is 0 Å². The molecule has 122 valence electrons. The van der Waals surface area contributed by atoms with Crippen molar-refractivity contribution in [3.8, 4) is 0 Å². The molecule has 0 aliphatic carbocycles. The van der Waals surface area contributed by atoms with Crippen LogP contribution in [0.3, 0.4) is 0 Å². The fourth-order valence-electron chi connectivity index (χ4n) is 2.66. The van der Waals surface area contributed by atoms with Gasteiger partial charge in [0.2, 0.25) is 5.91 Å². The third-order valence-corrected chi connectivity index (χ3v) is 3.95. The fourth-order valence-corrected chi connectivity index (χ4v) is 2.66. The standard InChI is InChI=1S/C18H19FN2O.ClH/c19-17-6-2-13(3-7-17)4-8-18(22)21-10-14-1-5-15-11-20-12-16(15)9-14;/h1-3,5-7,9,20H,4,8,10-12H2,(H,21,22);1H. The summed E-state index contributed by atoms with van der Waals surface area (Å²) in [4.78, 5) is 11.9. The summed E-state index contributed by atoms with van der Waals surface area (Å²) in [5, 5.41) is 6.25. The number of halogens is 2. The molecule has 0 saturated heterocycles. The van der Waals surface area contributed by atoms with Gasteiger partial charge in [0.15, 0.2) is 0 Å². The molecule has 1 amide bonds. The van der Waals surface area contributed by atoms with Gasteiger partial charge in [0.1, 0.15) is 5.82 Å². The molecule has 23 heavy (non-hydrogen) atoms. The van der Waals surface area contributed by atoms with Crippen molar-refractivity contribution >= 4 is 18.3 Å². The topological polar surface area (TPSA) is 41.1 Å². The molecule has 3 rings (SSSR count). The number of carbonyl (C=O) groups excluding carboxylic acids is 1. The maximum absolute atomic E-state index is 12.8. The first-order valence-electron chi connectivity index (χ1n) is 7.53. The Bertz CT molecular complexity index is 673. The molecule has 0 aromatic heterocycles. The molecule has 3 nitrogen and oxygen atoms in total. The molecule has 0 spiro atoms. The summed E-state index contributed by atoms with van der Waals surface area (Å²) in [6.45, 7) is 2.39. The normalized spacial score (nSPS) is 12.4. The molecule has 2 aromatic carbocycles. The largest absolute Gasteiger partial charge is 0.352 e. The lowest BCUT2D eigenvalue weighted by Crippen LogP contribution is -2.23. The first-order chi connectivity index (χ1) is 10.7. The van der Waals surface area contributed by atoms with Crippen LogP contribution in [0.4, 0.5) is 4.39 Å². The van der Waals surface area contributed by atoms with Gasteiger partial charge >= 0.3 is 0 Å². The van der Waals surface area contributed by atoms with E-state index < -0.39 is 0 Å². The number of hydrogen-bond donors (Lipinski definition) is 2. The van der Waals surface area contributed by atoms with E-state index in [0.29, 0.717) is 19.4 Å². The van der Waals surface area contributed by atoms with E-state index in [9.17, 15) is 9.18 Å². The summed E-state index contributed by atoms with van der Waals surface area (Å²) < 4.78 is 12.8. The highest BCUT2D eigenvalue weighted by Gasteiger charge is 2.10. The van der Waals surface area contributed by atoms with E-state index in [0.717, 1.165) is 24.2 Å². The highest BCUT2D eigenvalue weighted by Crippen LogP contribution is 2.17. The Morgan fingerprint density at radius 2 is 1.74 bits per heavy atom. The molecule has 0 unspecified atom stereocenters. The molecule has 1 aliphatic heterocycles. The van der Waals surface area contributed by atoms with E-state index >= 15 is 0 Å². The molecular formula is C18H20ClFN2O. The highest BCUT2D eigenvalue weighted by atomic mass is 35.5. The second kappa shape index (κ2) is 8.09. The van der Waals surface area contributed by atoms with Crippen molar-refractivity contribution in [3.63, 3.8) is 0 Å². The molecule has 0 fully saturated rings. The van der Waals surface area contributed by atoms with Gasteiger partial charge in [-0.3, -0.25) is 4.79 Å². The first-order valence-corrected chi connectivity index (χ1v) is 7.53. The molecule has 2 N–H and O–H groups in total. The predicted molar refractivity (Wildman–Crippen MR) is 90.8 cm³/mol. The Hall–Kier alpha value is -1.91. The minimum Gasteiger partial charge on any atom is -0.352 e. The van der Waals surface area contributed by atoms with Crippen molar-refractivity contribution in [1.29, 1.82) is 0 Å². The number of amides is 1. The number of aryl methyl sites for hydroxylation is 1. The lowest BCUT2D eigenvalue weighted by atomic mass is 10.1. The van der Waals surface area contributed by atoms with E-state index in [4.69, 9.17) is 0 Å². The number of hydrogen-bond acceptors (Lipinski definition) is 2. The van der Waals surface area contributed by atoms with Gasteiger partial charge in [-0.05, 0) is 40.8 Å². The van der Waals surface area contributed by atoms with Crippen LogP contribution in [0.15, 0.2) is 42.5 Å². The third kappa shape index (κ3) is 4.78.